The molecule has 1 aliphatic heterocycles. The van der Waals surface area contributed by atoms with E-state index in [4.69, 9.17) is 0 Å². The summed E-state index contributed by atoms with van der Waals surface area (Å²) in [7, 11) is 0. The Morgan fingerprint density at radius 2 is 2.12 bits per heavy atom. The van der Waals surface area contributed by atoms with Crippen molar-refractivity contribution in [3.63, 3.8) is 0 Å². The molecule has 1 aromatic rings. The Hall–Kier alpha value is -1.07. The summed E-state index contributed by atoms with van der Waals surface area (Å²) in [5, 5.41) is 9.83. The van der Waals surface area contributed by atoms with Crippen molar-refractivity contribution in [2.24, 2.45) is 0 Å². The largest absolute Gasteiger partial charge is 0.416 e. The lowest BCUT2D eigenvalue weighted by molar-refractivity contribution is -0.137. The number of benzene rings is 1. The SMILES string of the molecule is CCN1Cc2cc(C(F)(F)F)ccc2[C@@H](O)C1. The normalized spacial score (nSPS) is 21.4. The van der Waals surface area contributed by atoms with Crippen LogP contribution in [0.5, 0.6) is 0 Å². The molecule has 1 atom stereocenters. The quantitative estimate of drug-likeness (QED) is 0.822. The average molecular weight is 245 g/mol. The molecule has 5 heteroatoms. The number of rotatable bonds is 1. The van der Waals surface area contributed by atoms with Gasteiger partial charge in [0.1, 0.15) is 0 Å². The Morgan fingerprint density at radius 1 is 1.41 bits per heavy atom. The van der Waals surface area contributed by atoms with E-state index in [9.17, 15) is 18.3 Å². The maximum absolute atomic E-state index is 12.6. The number of halogens is 3. The van der Waals surface area contributed by atoms with Crippen LogP contribution in [-0.2, 0) is 12.7 Å². The summed E-state index contributed by atoms with van der Waals surface area (Å²) < 4.78 is 37.7. The van der Waals surface area contributed by atoms with Crippen molar-refractivity contribution >= 4 is 0 Å². The molecule has 0 bridgehead atoms. The van der Waals surface area contributed by atoms with Crippen LogP contribution in [0.2, 0.25) is 0 Å². The van der Waals surface area contributed by atoms with E-state index >= 15 is 0 Å². The van der Waals surface area contributed by atoms with Crippen LogP contribution in [0.15, 0.2) is 18.2 Å². The molecular formula is C12H14F3NO. The molecule has 1 N–H and O–H groups in total. The zero-order chi connectivity index (χ0) is 12.6. The predicted molar refractivity (Wildman–Crippen MR) is 57.4 cm³/mol. The van der Waals surface area contributed by atoms with E-state index in [1.54, 1.807) is 0 Å². The third-order valence-corrected chi connectivity index (χ3v) is 3.10. The molecule has 0 saturated carbocycles. The smallest absolute Gasteiger partial charge is 0.387 e. The molecule has 1 heterocycles. The Kier molecular flexibility index (Phi) is 3.14. The van der Waals surface area contributed by atoms with E-state index in [0.717, 1.165) is 12.1 Å². The second kappa shape index (κ2) is 4.31. The minimum atomic E-state index is -4.32. The molecule has 2 nitrogen and oxygen atoms in total. The molecule has 0 aliphatic carbocycles. The van der Waals surface area contributed by atoms with Crippen LogP contribution in [0.3, 0.4) is 0 Å². The van der Waals surface area contributed by atoms with Gasteiger partial charge < -0.3 is 5.11 Å². The molecule has 17 heavy (non-hydrogen) atoms. The molecule has 0 radical (unpaired) electrons. The van der Waals surface area contributed by atoms with Gasteiger partial charge in [-0.15, -0.1) is 0 Å². The summed E-state index contributed by atoms with van der Waals surface area (Å²) in [6.45, 7) is 3.58. The van der Waals surface area contributed by atoms with E-state index in [1.165, 1.54) is 6.07 Å². The van der Waals surface area contributed by atoms with Crippen LogP contribution >= 0.6 is 0 Å². The maximum Gasteiger partial charge on any atom is 0.416 e. The lowest BCUT2D eigenvalue weighted by atomic mass is 9.95. The van der Waals surface area contributed by atoms with Gasteiger partial charge in [0.2, 0.25) is 0 Å². The van der Waals surface area contributed by atoms with Crippen molar-refractivity contribution in [3.05, 3.63) is 34.9 Å². The Bertz CT molecular complexity index is 417. The Balaban J connectivity index is 2.38. The fourth-order valence-corrected chi connectivity index (χ4v) is 2.13. The van der Waals surface area contributed by atoms with Gasteiger partial charge in [0.25, 0.3) is 0 Å². The van der Waals surface area contributed by atoms with Gasteiger partial charge >= 0.3 is 6.18 Å². The zero-order valence-electron chi connectivity index (χ0n) is 9.46. The minimum absolute atomic E-state index is 0.465. The van der Waals surface area contributed by atoms with Gasteiger partial charge in [-0.1, -0.05) is 13.0 Å². The zero-order valence-corrected chi connectivity index (χ0v) is 9.46. The van der Waals surface area contributed by atoms with Crippen molar-refractivity contribution in [2.45, 2.75) is 25.7 Å². The van der Waals surface area contributed by atoms with Gasteiger partial charge in [0.15, 0.2) is 0 Å². The fraction of sp³-hybridized carbons (Fsp3) is 0.500. The average Bonchev–Trinajstić information content (AvgIpc) is 2.27. The van der Waals surface area contributed by atoms with Gasteiger partial charge in [-0.25, -0.2) is 0 Å². The number of fused-ring (bicyclic) bond motifs is 1. The van der Waals surface area contributed by atoms with Gasteiger partial charge in [-0.2, -0.15) is 13.2 Å². The number of aliphatic hydroxyl groups excluding tert-OH is 1. The van der Waals surface area contributed by atoms with Crippen LogP contribution in [0.25, 0.3) is 0 Å². The van der Waals surface area contributed by atoms with E-state index in [1.807, 2.05) is 11.8 Å². The molecule has 1 aliphatic rings. The number of hydrogen-bond donors (Lipinski definition) is 1. The molecule has 2 rings (SSSR count). The lowest BCUT2D eigenvalue weighted by Crippen LogP contribution is -2.33. The summed E-state index contributed by atoms with van der Waals surface area (Å²) in [6.07, 6.45) is -5.02. The van der Waals surface area contributed by atoms with E-state index in [2.05, 4.69) is 0 Å². The van der Waals surface area contributed by atoms with E-state index in [-0.39, 0.29) is 0 Å². The molecule has 0 unspecified atom stereocenters. The van der Waals surface area contributed by atoms with Crippen molar-refractivity contribution in [1.82, 2.24) is 4.90 Å². The summed E-state index contributed by atoms with van der Waals surface area (Å²) in [6, 6.07) is 3.56. The Morgan fingerprint density at radius 3 is 2.71 bits per heavy atom. The second-order valence-corrected chi connectivity index (χ2v) is 4.25. The van der Waals surface area contributed by atoms with Crippen LogP contribution in [0, 0.1) is 0 Å². The first-order valence-electron chi connectivity index (χ1n) is 5.52. The van der Waals surface area contributed by atoms with Crippen molar-refractivity contribution in [2.75, 3.05) is 13.1 Å². The van der Waals surface area contributed by atoms with Gasteiger partial charge in [-0.3, -0.25) is 4.90 Å². The first kappa shape index (κ1) is 12.4. The highest BCUT2D eigenvalue weighted by atomic mass is 19.4. The third kappa shape index (κ3) is 2.45. The number of likely N-dealkylation sites (N-methyl/N-ethyl adjacent to an activating group) is 1. The third-order valence-electron chi connectivity index (χ3n) is 3.10. The fourth-order valence-electron chi connectivity index (χ4n) is 2.13. The molecule has 0 fully saturated rings. The van der Waals surface area contributed by atoms with Crippen LogP contribution in [0.1, 0.15) is 29.7 Å². The first-order valence-corrected chi connectivity index (χ1v) is 5.52. The summed E-state index contributed by atoms with van der Waals surface area (Å²) in [4.78, 5) is 1.92. The number of nitrogens with zero attached hydrogens (tertiary/aromatic N) is 1. The van der Waals surface area contributed by atoms with E-state index in [0.29, 0.717) is 30.8 Å². The monoisotopic (exact) mass is 245 g/mol. The van der Waals surface area contributed by atoms with Gasteiger partial charge in [-0.05, 0) is 29.8 Å². The highest BCUT2D eigenvalue weighted by molar-refractivity contribution is 5.36. The van der Waals surface area contributed by atoms with Crippen molar-refractivity contribution in [1.29, 1.82) is 0 Å². The summed E-state index contributed by atoms with van der Waals surface area (Å²) in [5.41, 5.74) is 0.532. The molecule has 94 valence electrons. The second-order valence-electron chi connectivity index (χ2n) is 4.25. The highest BCUT2D eigenvalue weighted by Gasteiger charge is 2.32. The van der Waals surface area contributed by atoms with Crippen molar-refractivity contribution in [3.8, 4) is 0 Å². The first-order chi connectivity index (χ1) is 7.91. The number of hydrogen-bond acceptors (Lipinski definition) is 2. The van der Waals surface area contributed by atoms with Crippen molar-refractivity contribution < 1.29 is 18.3 Å². The standard InChI is InChI=1S/C12H14F3NO/c1-2-16-6-8-5-9(12(13,14)15)3-4-10(8)11(17)7-16/h3-5,11,17H,2,6-7H2,1H3/t11-/m0/s1. The van der Waals surface area contributed by atoms with Crippen LogP contribution in [0.4, 0.5) is 13.2 Å². The number of β-amino-alcohol motifs (C(OH)–C–C–N with tert-alkyl or cyclic N) is 1. The summed E-state index contributed by atoms with van der Waals surface area (Å²) >= 11 is 0. The predicted octanol–water partition coefficient (Wildman–Crippen LogP) is 2.57. The molecular weight excluding hydrogens is 231 g/mol. The molecule has 1 aromatic carbocycles. The van der Waals surface area contributed by atoms with Crippen LogP contribution in [-0.4, -0.2) is 23.1 Å². The number of aliphatic hydroxyl groups is 1. The lowest BCUT2D eigenvalue weighted by Gasteiger charge is -2.31. The van der Waals surface area contributed by atoms with E-state index < -0.39 is 17.8 Å². The topological polar surface area (TPSA) is 23.5 Å². The molecule has 0 saturated heterocycles. The number of alkyl halides is 3. The minimum Gasteiger partial charge on any atom is -0.387 e. The molecule has 0 amide bonds. The molecule has 0 spiro atoms. The van der Waals surface area contributed by atoms with Gasteiger partial charge in [0.05, 0.1) is 11.7 Å². The molecule has 0 aromatic heterocycles. The van der Waals surface area contributed by atoms with Gasteiger partial charge in [0, 0.05) is 13.1 Å². The highest BCUT2D eigenvalue weighted by Crippen LogP contribution is 2.34. The van der Waals surface area contributed by atoms with Crippen LogP contribution < -0.4 is 0 Å². The Labute approximate surface area is 97.7 Å². The summed E-state index contributed by atoms with van der Waals surface area (Å²) in [5.74, 6) is 0. The maximum atomic E-state index is 12.6.